The van der Waals surface area contributed by atoms with Crippen molar-refractivity contribution in [2.24, 2.45) is 17.8 Å². The molecule has 0 saturated heterocycles. The van der Waals surface area contributed by atoms with Gasteiger partial charge in [0.2, 0.25) is 0 Å². The summed E-state index contributed by atoms with van der Waals surface area (Å²) < 4.78 is 0. The summed E-state index contributed by atoms with van der Waals surface area (Å²) in [6.07, 6.45) is 3.12. The molecule has 2 heteroatoms. The minimum atomic E-state index is -0.147. The van der Waals surface area contributed by atoms with Crippen LogP contribution in [-0.2, 0) is 4.79 Å². The lowest BCUT2D eigenvalue weighted by Crippen LogP contribution is -2.18. The fraction of sp³-hybridized carbons (Fsp3) is 0.889. The molecule has 1 N–H and O–H groups in total. The molecule has 62 valence electrons. The molecule has 0 aromatic carbocycles. The zero-order chi connectivity index (χ0) is 8.01. The molecule has 11 heavy (non-hydrogen) atoms. The maximum absolute atomic E-state index is 11.1. The molecule has 0 aromatic rings. The zero-order valence-corrected chi connectivity index (χ0v) is 6.79. The zero-order valence-electron chi connectivity index (χ0n) is 6.79. The van der Waals surface area contributed by atoms with Gasteiger partial charge >= 0.3 is 0 Å². The highest BCUT2D eigenvalue weighted by Gasteiger charge is 2.55. The lowest BCUT2D eigenvalue weighted by Gasteiger charge is -2.16. The van der Waals surface area contributed by atoms with Crippen LogP contribution < -0.4 is 0 Å². The molecule has 2 aliphatic rings. The number of carbonyl (C=O) groups is 1. The fourth-order valence-corrected chi connectivity index (χ4v) is 2.52. The molecule has 2 aliphatic carbocycles. The van der Waals surface area contributed by atoms with E-state index in [1.807, 2.05) is 0 Å². The highest BCUT2D eigenvalue weighted by Crippen LogP contribution is 2.53. The van der Waals surface area contributed by atoms with Gasteiger partial charge < -0.3 is 5.11 Å². The van der Waals surface area contributed by atoms with Crippen molar-refractivity contribution in [1.29, 1.82) is 0 Å². The van der Waals surface area contributed by atoms with E-state index >= 15 is 0 Å². The lowest BCUT2D eigenvalue weighted by atomic mass is 9.86. The van der Waals surface area contributed by atoms with Crippen molar-refractivity contribution in [3.8, 4) is 0 Å². The number of hydrogen-bond acceptors (Lipinski definition) is 2. The quantitative estimate of drug-likeness (QED) is 0.611. The van der Waals surface area contributed by atoms with E-state index in [1.54, 1.807) is 6.92 Å². The van der Waals surface area contributed by atoms with Gasteiger partial charge in [-0.25, -0.2) is 0 Å². The second-order valence-corrected chi connectivity index (χ2v) is 3.88. The minimum Gasteiger partial charge on any atom is -0.393 e. The predicted octanol–water partition coefficient (Wildman–Crippen LogP) is 0.982. The van der Waals surface area contributed by atoms with E-state index < -0.39 is 0 Å². The SMILES string of the molecule is CC(=O)C1CCCC2C(O)C12. The van der Waals surface area contributed by atoms with Crippen LogP contribution in [0.15, 0.2) is 0 Å². The Kier molecular flexibility index (Phi) is 1.53. The molecule has 0 radical (unpaired) electrons. The third kappa shape index (κ3) is 1.00. The van der Waals surface area contributed by atoms with Crippen LogP contribution in [0, 0.1) is 17.8 Å². The molecule has 0 bridgehead atoms. The Hall–Kier alpha value is -0.370. The third-order valence-electron chi connectivity index (χ3n) is 3.23. The molecule has 2 rings (SSSR count). The van der Waals surface area contributed by atoms with E-state index in [9.17, 15) is 9.90 Å². The maximum atomic E-state index is 11.1. The fourth-order valence-electron chi connectivity index (χ4n) is 2.52. The van der Waals surface area contributed by atoms with Crippen LogP contribution in [-0.4, -0.2) is 17.0 Å². The number of fused-ring (bicyclic) bond motifs is 1. The molecule has 0 spiro atoms. The van der Waals surface area contributed by atoms with Gasteiger partial charge in [-0.1, -0.05) is 6.42 Å². The molecular weight excluding hydrogens is 140 g/mol. The van der Waals surface area contributed by atoms with Gasteiger partial charge in [-0.3, -0.25) is 4.79 Å². The van der Waals surface area contributed by atoms with Crippen molar-refractivity contribution in [1.82, 2.24) is 0 Å². The van der Waals surface area contributed by atoms with Gasteiger partial charge in [0, 0.05) is 11.8 Å². The summed E-state index contributed by atoms with van der Waals surface area (Å²) in [7, 11) is 0. The Bertz CT molecular complexity index is 188. The standard InChI is InChI=1S/C9H14O2/c1-5(10)6-3-2-4-7-8(6)9(7)11/h6-9,11H,2-4H2,1H3. The summed E-state index contributed by atoms with van der Waals surface area (Å²) >= 11 is 0. The number of hydrogen-bond donors (Lipinski definition) is 1. The van der Waals surface area contributed by atoms with Gasteiger partial charge in [0.25, 0.3) is 0 Å². The van der Waals surface area contributed by atoms with Gasteiger partial charge in [0.1, 0.15) is 5.78 Å². The monoisotopic (exact) mass is 154 g/mol. The molecule has 4 unspecified atom stereocenters. The number of rotatable bonds is 1. The number of ketones is 1. The number of Topliss-reactive ketones (excluding diaryl/α,β-unsaturated/α-hetero) is 1. The molecule has 0 aromatic heterocycles. The molecular formula is C9H14O2. The molecule has 4 atom stereocenters. The summed E-state index contributed by atoms with van der Waals surface area (Å²) in [5, 5.41) is 9.39. The van der Waals surface area contributed by atoms with Gasteiger partial charge in [-0.2, -0.15) is 0 Å². The normalized spacial score (nSPS) is 48.2. The van der Waals surface area contributed by atoms with Crippen molar-refractivity contribution in [2.75, 3.05) is 0 Å². The van der Waals surface area contributed by atoms with Gasteiger partial charge in [-0.05, 0) is 25.7 Å². The second kappa shape index (κ2) is 2.31. The first kappa shape index (κ1) is 7.29. The van der Waals surface area contributed by atoms with Crippen molar-refractivity contribution in [3.05, 3.63) is 0 Å². The van der Waals surface area contributed by atoms with Gasteiger partial charge in [0.05, 0.1) is 6.10 Å². The molecule has 0 aliphatic heterocycles. The lowest BCUT2D eigenvalue weighted by molar-refractivity contribution is -0.122. The van der Waals surface area contributed by atoms with E-state index in [0.717, 1.165) is 19.3 Å². The average molecular weight is 154 g/mol. The van der Waals surface area contributed by atoms with E-state index in [0.29, 0.717) is 11.8 Å². The van der Waals surface area contributed by atoms with Gasteiger partial charge in [0.15, 0.2) is 0 Å². The van der Waals surface area contributed by atoms with Crippen LogP contribution in [0.4, 0.5) is 0 Å². The summed E-state index contributed by atoms with van der Waals surface area (Å²) in [6, 6.07) is 0. The third-order valence-corrected chi connectivity index (χ3v) is 3.23. The average Bonchev–Trinajstić information content (AvgIpc) is 2.63. The van der Waals surface area contributed by atoms with Crippen LogP contribution in [0.3, 0.4) is 0 Å². The Morgan fingerprint density at radius 1 is 1.45 bits per heavy atom. The van der Waals surface area contributed by atoms with Crippen LogP contribution in [0.1, 0.15) is 26.2 Å². The van der Waals surface area contributed by atoms with Crippen LogP contribution in [0.2, 0.25) is 0 Å². The molecule has 0 heterocycles. The highest BCUT2D eigenvalue weighted by atomic mass is 16.3. The first-order chi connectivity index (χ1) is 5.22. The molecule has 2 nitrogen and oxygen atoms in total. The summed E-state index contributed by atoms with van der Waals surface area (Å²) in [5.74, 6) is 1.26. The smallest absolute Gasteiger partial charge is 0.133 e. The Morgan fingerprint density at radius 3 is 2.73 bits per heavy atom. The van der Waals surface area contributed by atoms with E-state index in [4.69, 9.17) is 0 Å². The number of aliphatic hydroxyl groups is 1. The highest BCUT2D eigenvalue weighted by molar-refractivity contribution is 5.79. The first-order valence-electron chi connectivity index (χ1n) is 4.40. The summed E-state index contributed by atoms with van der Waals surface area (Å²) in [4.78, 5) is 11.1. The second-order valence-electron chi connectivity index (χ2n) is 3.88. The maximum Gasteiger partial charge on any atom is 0.133 e. The molecule has 0 amide bonds. The molecule has 2 saturated carbocycles. The topological polar surface area (TPSA) is 37.3 Å². The van der Waals surface area contributed by atoms with Crippen molar-refractivity contribution in [2.45, 2.75) is 32.3 Å². The van der Waals surface area contributed by atoms with E-state index in [1.165, 1.54) is 0 Å². The predicted molar refractivity (Wildman–Crippen MR) is 41.0 cm³/mol. The van der Waals surface area contributed by atoms with Crippen molar-refractivity contribution >= 4 is 5.78 Å². The number of aliphatic hydroxyl groups excluding tert-OH is 1. The van der Waals surface area contributed by atoms with Gasteiger partial charge in [-0.15, -0.1) is 0 Å². The largest absolute Gasteiger partial charge is 0.393 e. The summed E-state index contributed by atoms with van der Waals surface area (Å²) in [5.41, 5.74) is 0. The van der Waals surface area contributed by atoms with Crippen LogP contribution in [0.5, 0.6) is 0 Å². The molecule has 2 fully saturated rings. The Morgan fingerprint density at radius 2 is 2.18 bits per heavy atom. The summed E-state index contributed by atoms with van der Waals surface area (Å²) in [6.45, 7) is 1.65. The van der Waals surface area contributed by atoms with E-state index in [-0.39, 0.29) is 17.8 Å². The first-order valence-corrected chi connectivity index (χ1v) is 4.40. The Labute approximate surface area is 66.6 Å². The van der Waals surface area contributed by atoms with Crippen LogP contribution >= 0.6 is 0 Å². The van der Waals surface area contributed by atoms with Crippen molar-refractivity contribution < 1.29 is 9.90 Å². The van der Waals surface area contributed by atoms with Crippen LogP contribution in [0.25, 0.3) is 0 Å². The Balaban J connectivity index is 2.06. The minimum absolute atomic E-state index is 0.147. The van der Waals surface area contributed by atoms with Crippen molar-refractivity contribution in [3.63, 3.8) is 0 Å². The number of carbonyl (C=O) groups excluding carboxylic acids is 1. The van der Waals surface area contributed by atoms with E-state index in [2.05, 4.69) is 0 Å².